The van der Waals surface area contributed by atoms with Gasteiger partial charge in [0.15, 0.2) is 5.13 Å². The van der Waals surface area contributed by atoms with Crippen LogP contribution in [0.2, 0.25) is 5.02 Å². The van der Waals surface area contributed by atoms with Gasteiger partial charge in [0.25, 0.3) is 0 Å². The fourth-order valence-corrected chi connectivity index (χ4v) is 3.12. The first kappa shape index (κ1) is 13.6. The maximum absolute atomic E-state index is 13.3. The van der Waals surface area contributed by atoms with E-state index in [2.05, 4.69) is 9.88 Å². The molecule has 2 aromatic rings. The Morgan fingerprint density at radius 3 is 2.85 bits per heavy atom. The minimum atomic E-state index is -0.517. The number of benzene rings is 1. The number of thiazole rings is 1. The fourth-order valence-electron chi connectivity index (χ4n) is 2.08. The molecule has 0 amide bonds. The van der Waals surface area contributed by atoms with Crippen molar-refractivity contribution in [2.75, 3.05) is 36.9 Å². The van der Waals surface area contributed by atoms with Crippen LogP contribution in [0.15, 0.2) is 17.5 Å². The molecule has 0 saturated carbocycles. The Morgan fingerprint density at radius 2 is 2.10 bits per heavy atom. The first-order valence-electron chi connectivity index (χ1n) is 6.19. The van der Waals surface area contributed by atoms with Crippen LogP contribution >= 0.6 is 22.9 Å². The van der Waals surface area contributed by atoms with Crippen molar-refractivity contribution in [2.24, 2.45) is 0 Å². The van der Waals surface area contributed by atoms with E-state index < -0.39 is 5.82 Å². The second-order valence-corrected chi connectivity index (χ2v) is 5.65. The Bertz CT molecular complexity index is 628. The van der Waals surface area contributed by atoms with Crippen LogP contribution in [-0.2, 0) is 4.74 Å². The second-order valence-electron chi connectivity index (χ2n) is 4.44. The third-order valence-corrected chi connectivity index (χ3v) is 4.47. The predicted octanol–water partition coefficient (Wildman–Crippen LogP) is 3.02. The summed E-state index contributed by atoms with van der Waals surface area (Å²) in [6, 6.07) is 2.91. The summed E-state index contributed by atoms with van der Waals surface area (Å²) in [6.45, 7) is 3.07. The van der Waals surface area contributed by atoms with Crippen molar-refractivity contribution in [1.82, 2.24) is 4.98 Å². The van der Waals surface area contributed by atoms with Crippen LogP contribution < -0.4 is 10.6 Å². The number of nitrogens with zero attached hydrogens (tertiary/aromatic N) is 2. The zero-order valence-electron chi connectivity index (χ0n) is 10.6. The fraction of sp³-hybridized carbons (Fsp3) is 0.308. The maximum Gasteiger partial charge on any atom is 0.186 e. The highest BCUT2D eigenvalue weighted by Gasteiger charge is 2.17. The van der Waals surface area contributed by atoms with Crippen molar-refractivity contribution in [3.63, 3.8) is 0 Å². The van der Waals surface area contributed by atoms with Gasteiger partial charge in [-0.1, -0.05) is 11.6 Å². The van der Waals surface area contributed by atoms with Gasteiger partial charge in [-0.15, -0.1) is 11.3 Å². The molecule has 20 heavy (non-hydrogen) atoms. The second kappa shape index (κ2) is 5.55. The third kappa shape index (κ3) is 2.46. The summed E-state index contributed by atoms with van der Waals surface area (Å²) in [5.74, 6) is -0.517. The van der Waals surface area contributed by atoms with Gasteiger partial charge in [0, 0.05) is 24.0 Å². The van der Waals surface area contributed by atoms with Gasteiger partial charge >= 0.3 is 0 Å². The van der Waals surface area contributed by atoms with Crippen LogP contribution in [0, 0.1) is 5.82 Å². The summed E-state index contributed by atoms with van der Waals surface area (Å²) in [4.78, 5) is 6.73. The molecule has 0 radical (unpaired) electrons. The van der Waals surface area contributed by atoms with Crippen molar-refractivity contribution in [1.29, 1.82) is 0 Å². The number of halogens is 2. The van der Waals surface area contributed by atoms with Crippen LogP contribution in [0.5, 0.6) is 0 Å². The van der Waals surface area contributed by atoms with Gasteiger partial charge in [0.2, 0.25) is 0 Å². The topological polar surface area (TPSA) is 51.4 Å². The summed E-state index contributed by atoms with van der Waals surface area (Å²) in [5.41, 5.74) is 7.47. The quantitative estimate of drug-likeness (QED) is 0.866. The van der Waals surface area contributed by atoms with E-state index in [1.807, 2.05) is 5.38 Å². The minimum Gasteiger partial charge on any atom is -0.397 e. The molecule has 106 valence electrons. The molecule has 0 spiro atoms. The zero-order valence-corrected chi connectivity index (χ0v) is 12.2. The van der Waals surface area contributed by atoms with E-state index in [1.54, 1.807) is 6.07 Å². The Balaban J connectivity index is 1.92. The molecule has 2 heterocycles. The normalized spacial score (nSPS) is 15.6. The smallest absolute Gasteiger partial charge is 0.186 e. The highest BCUT2D eigenvalue weighted by atomic mass is 35.5. The molecule has 1 aliphatic heterocycles. The molecule has 0 bridgehead atoms. The molecule has 1 aliphatic rings. The summed E-state index contributed by atoms with van der Waals surface area (Å²) in [6.07, 6.45) is 0. The summed E-state index contributed by atoms with van der Waals surface area (Å²) in [5, 5.41) is 2.77. The molecule has 1 aromatic heterocycles. The average Bonchev–Trinajstić information content (AvgIpc) is 2.95. The standard InChI is InChI=1S/C13H13ClFN3OS/c14-11-9(15)2-1-8(12(11)16)10-7-20-13(17-10)18-3-5-19-6-4-18/h1-2,7H,3-6,16H2. The number of nitrogen functional groups attached to an aromatic ring is 1. The van der Waals surface area contributed by atoms with Gasteiger partial charge < -0.3 is 15.4 Å². The molecule has 1 saturated heterocycles. The highest BCUT2D eigenvalue weighted by molar-refractivity contribution is 7.14. The van der Waals surface area contributed by atoms with Crippen LogP contribution in [0.4, 0.5) is 15.2 Å². The number of nitrogens with two attached hydrogens (primary N) is 1. The number of anilines is 2. The van der Waals surface area contributed by atoms with Crippen molar-refractivity contribution in [2.45, 2.75) is 0 Å². The van der Waals surface area contributed by atoms with E-state index in [0.717, 1.165) is 23.9 Å². The minimum absolute atomic E-state index is 0.0524. The molecule has 2 N–H and O–H groups in total. The molecule has 4 nitrogen and oxygen atoms in total. The van der Waals surface area contributed by atoms with Crippen molar-refractivity contribution in [3.8, 4) is 11.3 Å². The highest BCUT2D eigenvalue weighted by Crippen LogP contribution is 2.35. The van der Waals surface area contributed by atoms with Crippen molar-refractivity contribution < 1.29 is 9.13 Å². The lowest BCUT2D eigenvalue weighted by Crippen LogP contribution is -2.36. The largest absolute Gasteiger partial charge is 0.397 e. The summed E-state index contributed by atoms with van der Waals surface area (Å²) >= 11 is 7.37. The Hall–Kier alpha value is -1.37. The molecule has 0 unspecified atom stereocenters. The number of hydrogen-bond acceptors (Lipinski definition) is 5. The summed E-state index contributed by atoms with van der Waals surface area (Å²) < 4.78 is 18.6. The zero-order chi connectivity index (χ0) is 14.1. The Labute approximate surface area is 124 Å². The lowest BCUT2D eigenvalue weighted by Gasteiger charge is -2.26. The van der Waals surface area contributed by atoms with E-state index in [-0.39, 0.29) is 10.7 Å². The number of aromatic nitrogens is 1. The molecule has 1 fully saturated rings. The van der Waals surface area contributed by atoms with Gasteiger partial charge in [0.1, 0.15) is 5.82 Å². The number of ether oxygens (including phenoxy) is 1. The van der Waals surface area contributed by atoms with E-state index >= 15 is 0 Å². The monoisotopic (exact) mass is 313 g/mol. The maximum atomic E-state index is 13.3. The van der Waals surface area contributed by atoms with Gasteiger partial charge in [-0.25, -0.2) is 9.37 Å². The van der Waals surface area contributed by atoms with E-state index in [9.17, 15) is 4.39 Å². The number of hydrogen-bond donors (Lipinski definition) is 1. The van der Waals surface area contributed by atoms with Gasteiger partial charge in [0.05, 0.1) is 29.6 Å². The van der Waals surface area contributed by atoms with Crippen LogP contribution in [-0.4, -0.2) is 31.3 Å². The Kier molecular flexibility index (Phi) is 3.78. The van der Waals surface area contributed by atoms with Crippen LogP contribution in [0.3, 0.4) is 0 Å². The van der Waals surface area contributed by atoms with Crippen LogP contribution in [0.1, 0.15) is 0 Å². The van der Waals surface area contributed by atoms with Crippen LogP contribution in [0.25, 0.3) is 11.3 Å². The molecule has 7 heteroatoms. The first-order chi connectivity index (χ1) is 9.66. The molecule has 0 atom stereocenters. The molecule has 3 rings (SSSR count). The summed E-state index contributed by atoms with van der Waals surface area (Å²) in [7, 11) is 0. The van der Waals surface area contributed by atoms with Gasteiger partial charge in [-0.05, 0) is 12.1 Å². The van der Waals surface area contributed by atoms with E-state index in [1.165, 1.54) is 17.4 Å². The van der Waals surface area contributed by atoms with Gasteiger partial charge in [-0.2, -0.15) is 0 Å². The first-order valence-corrected chi connectivity index (χ1v) is 7.44. The molecule has 0 aliphatic carbocycles. The lowest BCUT2D eigenvalue weighted by atomic mass is 10.1. The SMILES string of the molecule is Nc1c(-c2csc(N3CCOCC3)n2)ccc(F)c1Cl. The lowest BCUT2D eigenvalue weighted by molar-refractivity contribution is 0.122. The van der Waals surface area contributed by atoms with E-state index in [0.29, 0.717) is 18.8 Å². The third-order valence-electron chi connectivity index (χ3n) is 3.18. The number of morpholine rings is 1. The van der Waals surface area contributed by atoms with Crippen molar-refractivity contribution >= 4 is 33.8 Å². The van der Waals surface area contributed by atoms with E-state index in [4.69, 9.17) is 22.1 Å². The van der Waals surface area contributed by atoms with Crippen molar-refractivity contribution in [3.05, 3.63) is 28.4 Å². The predicted molar refractivity (Wildman–Crippen MR) is 80.0 cm³/mol. The molecular formula is C13H13ClFN3OS. The Morgan fingerprint density at radius 1 is 1.35 bits per heavy atom. The molecular weight excluding hydrogens is 301 g/mol. The van der Waals surface area contributed by atoms with Gasteiger partial charge in [-0.3, -0.25) is 0 Å². The molecule has 1 aromatic carbocycles. The average molecular weight is 314 g/mol. The number of rotatable bonds is 2.